The highest BCUT2D eigenvalue weighted by Crippen LogP contribution is 2.57. The van der Waals surface area contributed by atoms with Gasteiger partial charge in [-0.3, -0.25) is 0 Å². The number of aryl methyl sites for hydroxylation is 1. The molecule has 0 N–H and O–H groups in total. The van der Waals surface area contributed by atoms with Gasteiger partial charge >= 0.3 is 0 Å². The summed E-state index contributed by atoms with van der Waals surface area (Å²) in [5.74, 6) is 0. The summed E-state index contributed by atoms with van der Waals surface area (Å²) in [5.41, 5.74) is 2.17. The molecule has 0 aliphatic carbocycles. The van der Waals surface area contributed by atoms with Gasteiger partial charge in [0.2, 0.25) is 11.8 Å². The molecule has 3 heteroatoms. The molecule has 3 rings (SSSR count). The molecule has 0 amide bonds. The van der Waals surface area contributed by atoms with Gasteiger partial charge in [0.1, 0.15) is 6.10 Å². The lowest BCUT2D eigenvalue weighted by Crippen LogP contribution is -2.06. The molecule has 19 heavy (non-hydrogen) atoms. The minimum atomic E-state index is -0.892. The van der Waals surface area contributed by atoms with Crippen molar-refractivity contribution in [2.24, 2.45) is 4.99 Å². The van der Waals surface area contributed by atoms with Crippen LogP contribution in [0.4, 0.5) is 0 Å². The van der Waals surface area contributed by atoms with Crippen molar-refractivity contribution in [2.45, 2.75) is 18.8 Å². The van der Waals surface area contributed by atoms with E-state index in [-0.39, 0.29) is 6.10 Å². The van der Waals surface area contributed by atoms with Crippen molar-refractivity contribution in [3.05, 3.63) is 71.3 Å². The van der Waals surface area contributed by atoms with Gasteiger partial charge in [0.15, 0.2) is 0 Å². The van der Waals surface area contributed by atoms with E-state index in [1.807, 2.05) is 61.5 Å². The van der Waals surface area contributed by atoms with E-state index in [2.05, 4.69) is 4.99 Å². The molecule has 2 aromatic carbocycles. The number of rotatable bonds is 3. The van der Waals surface area contributed by atoms with Crippen molar-refractivity contribution in [3.8, 4) is 0 Å². The van der Waals surface area contributed by atoms with Crippen molar-refractivity contribution in [3.63, 3.8) is 0 Å². The van der Waals surface area contributed by atoms with Crippen LogP contribution >= 0.6 is 0 Å². The van der Waals surface area contributed by atoms with E-state index in [1.54, 1.807) is 6.08 Å². The van der Waals surface area contributed by atoms with E-state index in [0.717, 1.165) is 16.7 Å². The standard InChI is InChI=1S/C16H13NO2/c1-12-7-9-14(10-8-12)16(17-11-18)15(19-16)13-5-3-2-4-6-13/h2-10,15H,1H3. The molecule has 0 aromatic heterocycles. The zero-order chi connectivity index (χ0) is 13.3. The Morgan fingerprint density at radius 1 is 1.11 bits per heavy atom. The van der Waals surface area contributed by atoms with Gasteiger partial charge in [-0.1, -0.05) is 60.2 Å². The average molecular weight is 251 g/mol. The van der Waals surface area contributed by atoms with Crippen molar-refractivity contribution >= 4 is 6.08 Å². The van der Waals surface area contributed by atoms with Crippen LogP contribution in [0.2, 0.25) is 0 Å². The number of aliphatic imine (C=N–C) groups is 1. The van der Waals surface area contributed by atoms with Crippen molar-refractivity contribution < 1.29 is 9.53 Å². The Kier molecular flexibility index (Phi) is 2.79. The first-order valence-electron chi connectivity index (χ1n) is 6.15. The lowest BCUT2D eigenvalue weighted by molar-refractivity contribution is 0.304. The van der Waals surface area contributed by atoms with E-state index < -0.39 is 5.72 Å². The monoisotopic (exact) mass is 251 g/mol. The molecule has 2 aromatic rings. The van der Waals surface area contributed by atoms with Crippen LogP contribution in [-0.4, -0.2) is 6.08 Å². The number of epoxide rings is 1. The lowest BCUT2D eigenvalue weighted by Gasteiger charge is -2.06. The summed E-state index contributed by atoms with van der Waals surface area (Å²) < 4.78 is 5.73. The number of benzene rings is 2. The van der Waals surface area contributed by atoms with Gasteiger partial charge < -0.3 is 4.74 Å². The van der Waals surface area contributed by atoms with Gasteiger partial charge in [0.05, 0.1) is 0 Å². The SMILES string of the molecule is Cc1ccc(C2(N=C=O)OC2c2ccccc2)cc1. The van der Waals surface area contributed by atoms with E-state index in [9.17, 15) is 4.79 Å². The molecule has 0 spiro atoms. The summed E-state index contributed by atoms with van der Waals surface area (Å²) >= 11 is 0. The fourth-order valence-corrected chi connectivity index (χ4v) is 2.30. The van der Waals surface area contributed by atoms with Gasteiger partial charge in [-0.25, -0.2) is 4.79 Å². The minimum absolute atomic E-state index is 0.210. The minimum Gasteiger partial charge on any atom is -0.333 e. The van der Waals surface area contributed by atoms with Crippen molar-refractivity contribution in [1.29, 1.82) is 0 Å². The smallest absolute Gasteiger partial charge is 0.238 e. The molecule has 1 saturated heterocycles. The summed E-state index contributed by atoms with van der Waals surface area (Å²) in [6, 6.07) is 17.6. The maximum atomic E-state index is 10.7. The number of carbonyl (C=O) groups excluding carboxylic acids is 1. The van der Waals surface area contributed by atoms with Gasteiger partial charge in [0, 0.05) is 5.56 Å². The Labute approximate surface area is 111 Å². The second-order valence-corrected chi connectivity index (χ2v) is 4.67. The molecule has 2 unspecified atom stereocenters. The molecule has 1 heterocycles. The fraction of sp³-hybridized carbons (Fsp3) is 0.188. The molecule has 0 saturated carbocycles. The number of hydrogen-bond donors (Lipinski definition) is 0. The molecule has 1 aliphatic heterocycles. The Morgan fingerprint density at radius 3 is 2.42 bits per heavy atom. The number of isocyanates is 1. The van der Waals surface area contributed by atoms with E-state index in [4.69, 9.17) is 4.74 Å². The summed E-state index contributed by atoms with van der Waals surface area (Å²) in [7, 11) is 0. The van der Waals surface area contributed by atoms with Crippen LogP contribution in [0, 0.1) is 6.92 Å². The Balaban J connectivity index is 2.00. The van der Waals surface area contributed by atoms with Gasteiger partial charge in [0.25, 0.3) is 0 Å². The highest BCUT2D eigenvalue weighted by atomic mass is 16.6. The molecule has 2 atom stereocenters. The van der Waals surface area contributed by atoms with E-state index in [1.165, 1.54) is 0 Å². The first-order valence-corrected chi connectivity index (χ1v) is 6.15. The Morgan fingerprint density at radius 2 is 1.79 bits per heavy atom. The lowest BCUT2D eigenvalue weighted by atomic mass is 9.98. The van der Waals surface area contributed by atoms with Gasteiger partial charge in [-0.2, -0.15) is 4.99 Å². The van der Waals surface area contributed by atoms with Gasteiger partial charge in [-0.05, 0) is 12.5 Å². The molecule has 94 valence electrons. The van der Waals surface area contributed by atoms with Crippen molar-refractivity contribution in [2.75, 3.05) is 0 Å². The van der Waals surface area contributed by atoms with Gasteiger partial charge in [-0.15, -0.1) is 0 Å². The first kappa shape index (κ1) is 11.8. The largest absolute Gasteiger partial charge is 0.333 e. The summed E-state index contributed by atoms with van der Waals surface area (Å²) in [5, 5.41) is 0. The van der Waals surface area contributed by atoms with Crippen LogP contribution in [0.25, 0.3) is 0 Å². The number of hydrogen-bond acceptors (Lipinski definition) is 3. The molecule has 1 fully saturated rings. The Bertz CT molecular complexity index is 630. The molecular weight excluding hydrogens is 238 g/mol. The molecular formula is C16H13NO2. The predicted molar refractivity (Wildman–Crippen MR) is 71.2 cm³/mol. The zero-order valence-electron chi connectivity index (χ0n) is 10.5. The van der Waals surface area contributed by atoms with Crippen LogP contribution in [0.15, 0.2) is 59.6 Å². The topological polar surface area (TPSA) is 42.0 Å². The van der Waals surface area contributed by atoms with E-state index >= 15 is 0 Å². The van der Waals surface area contributed by atoms with E-state index in [0.29, 0.717) is 0 Å². The predicted octanol–water partition coefficient (Wildman–Crippen LogP) is 3.26. The van der Waals surface area contributed by atoms with Crippen molar-refractivity contribution in [1.82, 2.24) is 0 Å². The average Bonchev–Trinajstić information content (AvgIpc) is 3.17. The molecule has 1 aliphatic rings. The van der Waals surface area contributed by atoms with Crippen LogP contribution in [0.1, 0.15) is 22.8 Å². The summed E-state index contributed by atoms with van der Waals surface area (Å²) in [6.45, 7) is 2.02. The van der Waals surface area contributed by atoms with Crippen LogP contribution < -0.4 is 0 Å². The highest BCUT2D eigenvalue weighted by molar-refractivity contribution is 5.43. The maximum Gasteiger partial charge on any atom is 0.238 e. The normalized spacial score (nSPS) is 24.6. The maximum absolute atomic E-state index is 10.7. The fourth-order valence-electron chi connectivity index (χ4n) is 2.30. The quantitative estimate of drug-likeness (QED) is 0.477. The second-order valence-electron chi connectivity index (χ2n) is 4.67. The summed E-state index contributed by atoms with van der Waals surface area (Å²) in [4.78, 5) is 14.6. The van der Waals surface area contributed by atoms with Crippen LogP contribution in [0.3, 0.4) is 0 Å². The molecule has 0 radical (unpaired) electrons. The molecule has 0 bridgehead atoms. The second kappa shape index (κ2) is 4.47. The van der Waals surface area contributed by atoms with Crippen LogP contribution in [0.5, 0.6) is 0 Å². The highest BCUT2D eigenvalue weighted by Gasteiger charge is 2.59. The third kappa shape index (κ3) is 1.99. The third-order valence-corrected chi connectivity index (χ3v) is 3.37. The summed E-state index contributed by atoms with van der Waals surface area (Å²) in [6.07, 6.45) is 1.42. The molecule has 3 nitrogen and oxygen atoms in total. The Hall–Kier alpha value is -2.22. The first-order chi connectivity index (χ1) is 9.26. The van der Waals surface area contributed by atoms with Crippen LogP contribution in [-0.2, 0) is 15.3 Å². The third-order valence-electron chi connectivity index (χ3n) is 3.37. The number of ether oxygens (including phenoxy) is 1. The zero-order valence-corrected chi connectivity index (χ0v) is 10.5. The number of nitrogens with zero attached hydrogens (tertiary/aromatic N) is 1.